The lowest BCUT2D eigenvalue weighted by molar-refractivity contribution is -0.138. The van der Waals surface area contributed by atoms with Crippen molar-refractivity contribution >= 4 is 23.6 Å². The normalized spacial score (nSPS) is 11.6. The Morgan fingerprint density at radius 2 is 1.71 bits per heavy atom. The molecule has 0 heterocycles. The molecule has 0 aliphatic heterocycles. The Balaban J connectivity index is 1.65. The molecule has 31 heavy (non-hydrogen) atoms. The number of halogens is 4. The molecule has 0 saturated carbocycles. The lowest BCUT2D eigenvalue weighted by Crippen LogP contribution is -2.03. The SMILES string of the molecule is O=C(O)Cc1cc(-c2cccc(OC/C=C/c3ccc(C(F)(F)F)cc3)c2)ccc1Cl. The number of alkyl halides is 3. The topological polar surface area (TPSA) is 46.5 Å². The fourth-order valence-corrected chi connectivity index (χ4v) is 3.11. The summed E-state index contributed by atoms with van der Waals surface area (Å²) in [4.78, 5) is 11.0. The first-order chi connectivity index (χ1) is 14.7. The van der Waals surface area contributed by atoms with E-state index in [2.05, 4.69) is 0 Å². The molecule has 0 spiro atoms. The van der Waals surface area contributed by atoms with Gasteiger partial charge in [-0.15, -0.1) is 0 Å². The fraction of sp³-hybridized carbons (Fsp3) is 0.125. The number of carbonyl (C=O) groups is 1. The number of ether oxygens (including phenoxy) is 1. The van der Waals surface area contributed by atoms with Crippen molar-refractivity contribution in [2.45, 2.75) is 12.6 Å². The van der Waals surface area contributed by atoms with Crippen molar-refractivity contribution in [1.29, 1.82) is 0 Å². The highest BCUT2D eigenvalue weighted by atomic mass is 35.5. The summed E-state index contributed by atoms with van der Waals surface area (Å²) in [5.41, 5.74) is 2.13. The predicted molar refractivity (Wildman–Crippen MR) is 114 cm³/mol. The number of carboxylic acid groups (broad SMARTS) is 1. The molecule has 3 nitrogen and oxygen atoms in total. The summed E-state index contributed by atoms with van der Waals surface area (Å²) in [6, 6.07) is 17.4. The van der Waals surface area contributed by atoms with Gasteiger partial charge in [0, 0.05) is 5.02 Å². The second-order valence-corrected chi connectivity index (χ2v) is 7.14. The van der Waals surface area contributed by atoms with E-state index in [1.165, 1.54) is 12.1 Å². The first-order valence-electron chi connectivity index (χ1n) is 9.29. The Bertz CT molecular complexity index is 1090. The van der Waals surface area contributed by atoms with Gasteiger partial charge in [-0.25, -0.2) is 0 Å². The van der Waals surface area contributed by atoms with Crippen molar-refractivity contribution < 1.29 is 27.8 Å². The summed E-state index contributed by atoms with van der Waals surface area (Å²) in [5, 5.41) is 9.41. The fourth-order valence-electron chi connectivity index (χ4n) is 2.93. The minimum atomic E-state index is -4.35. The van der Waals surface area contributed by atoms with Crippen LogP contribution < -0.4 is 4.74 Å². The van der Waals surface area contributed by atoms with Crippen molar-refractivity contribution in [3.63, 3.8) is 0 Å². The van der Waals surface area contributed by atoms with Gasteiger partial charge in [-0.05, 0) is 64.7 Å². The van der Waals surface area contributed by atoms with Crippen LogP contribution >= 0.6 is 11.6 Å². The molecular weight excluding hydrogens is 429 g/mol. The van der Waals surface area contributed by atoms with Crippen LogP contribution in [0.5, 0.6) is 5.75 Å². The summed E-state index contributed by atoms with van der Waals surface area (Å²) < 4.78 is 43.5. The van der Waals surface area contributed by atoms with Crippen LogP contribution in [-0.4, -0.2) is 17.7 Å². The third kappa shape index (κ3) is 6.36. The molecule has 1 N–H and O–H groups in total. The summed E-state index contributed by atoms with van der Waals surface area (Å²) in [6.07, 6.45) is -1.13. The van der Waals surface area contributed by atoms with E-state index in [0.29, 0.717) is 21.9 Å². The van der Waals surface area contributed by atoms with Gasteiger partial charge in [0.2, 0.25) is 0 Å². The van der Waals surface area contributed by atoms with E-state index in [1.54, 1.807) is 36.4 Å². The number of aliphatic carboxylic acids is 1. The summed E-state index contributed by atoms with van der Waals surface area (Å²) in [7, 11) is 0. The average molecular weight is 447 g/mol. The van der Waals surface area contributed by atoms with Crippen molar-refractivity contribution in [2.24, 2.45) is 0 Å². The Morgan fingerprint density at radius 3 is 2.39 bits per heavy atom. The second-order valence-electron chi connectivity index (χ2n) is 6.74. The number of rotatable bonds is 7. The van der Waals surface area contributed by atoms with Gasteiger partial charge >= 0.3 is 12.1 Å². The molecular formula is C24H18ClF3O3. The standard InChI is InChI=1S/C24H18ClF3O3/c25-22-11-8-18(13-19(22)15-23(29)30)17-4-1-5-21(14-17)31-12-2-3-16-6-9-20(10-7-16)24(26,27)28/h1-11,13-14H,12,15H2,(H,29,30)/b3-2+. The zero-order valence-electron chi connectivity index (χ0n) is 16.2. The minimum absolute atomic E-state index is 0.169. The van der Waals surface area contributed by atoms with Gasteiger partial charge in [0.15, 0.2) is 0 Å². The molecule has 0 bridgehead atoms. The Morgan fingerprint density at radius 1 is 1.00 bits per heavy atom. The van der Waals surface area contributed by atoms with Crippen LogP contribution in [0.2, 0.25) is 5.02 Å². The molecule has 0 saturated heterocycles. The molecule has 0 fully saturated rings. The van der Waals surface area contributed by atoms with E-state index < -0.39 is 17.7 Å². The second kappa shape index (κ2) is 9.71. The highest BCUT2D eigenvalue weighted by Gasteiger charge is 2.29. The Kier molecular flexibility index (Phi) is 7.02. The van der Waals surface area contributed by atoms with E-state index in [1.807, 2.05) is 18.2 Å². The highest BCUT2D eigenvalue weighted by molar-refractivity contribution is 6.31. The van der Waals surface area contributed by atoms with Crippen molar-refractivity contribution in [1.82, 2.24) is 0 Å². The maximum absolute atomic E-state index is 12.6. The highest BCUT2D eigenvalue weighted by Crippen LogP contribution is 2.30. The van der Waals surface area contributed by atoms with Crippen LogP contribution in [0, 0.1) is 0 Å². The largest absolute Gasteiger partial charge is 0.490 e. The Hall–Kier alpha value is -3.25. The van der Waals surface area contributed by atoms with Crippen molar-refractivity contribution in [2.75, 3.05) is 6.61 Å². The number of carboxylic acids is 1. The summed E-state index contributed by atoms with van der Waals surface area (Å²) in [6.45, 7) is 0.232. The van der Waals surface area contributed by atoms with Gasteiger partial charge in [0.1, 0.15) is 12.4 Å². The number of benzene rings is 3. The Labute approximate surface area is 182 Å². The van der Waals surface area contributed by atoms with E-state index in [0.717, 1.165) is 23.3 Å². The van der Waals surface area contributed by atoms with Gasteiger partial charge in [0.25, 0.3) is 0 Å². The zero-order chi connectivity index (χ0) is 22.4. The van der Waals surface area contributed by atoms with Gasteiger partial charge in [-0.1, -0.05) is 48.0 Å². The molecule has 3 aromatic carbocycles. The smallest absolute Gasteiger partial charge is 0.416 e. The van der Waals surface area contributed by atoms with Crippen LogP contribution in [-0.2, 0) is 17.4 Å². The lowest BCUT2D eigenvalue weighted by Gasteiger charge is -2.09. The minimum Gasteiger partial charge on any atom is -0.490 e. The van der Waals surface area contributed by atoms with Crippen molar-refractivity contribution in [3.8, 4) is 16.9 Å². The lowest BCUT2D eigenvalue weighted by atomic mass is 10.0. The van der Waals surface area contributed by atoms with E-state index in [-0.39, 0.29) is 13.0 Å². The van der Waals surface area contributed by atoms with Crippen LogP contribution in [0.1, 0.15) is 16.7 Å². The number of hydrogen-bond donors (Lipinski definition) is 1. The van der Waals surface area contributed by atoms with Gasteiger partial charge in [-0.3, -0.25) is 4.79 Å². The zero-order valence-corrected chi connectivity index (χ0v) is 17.0. The molecule has 3 aromatic rings. The molecule has 3 rings (SSSR count). The molecule has 0 radical (unpaired) electrons. The van der Waals surface area contributed by atoms with Crippen LogP contribution in [0.4, 0.5) is 13.2 Å². The number of hydrogen-bond acceptors (Lipinski definition) is 2. The van der Waals surface area contributed by atoms with Gasteiger partial charge in [-0.2, -0.15) is 13.2 Å². The molecule has 160 valence electrons. The first-order valence-corrected chi connectivity index (χ1v) is 9.67. The van der Waals surface area contributed by atoms with E-state index in [4.69, 9.17) is 21.4 Å². The van der Waals surface area contributed by atoms with E-state index in [9.17, 15) is 18.0 Å². The predicted octanol–water partition coefficient (Wildman–Crippen LogP) is 6.75. The van der Waals surface area contributed by atoms with Crippen LogP contribution in [0.25, 0.3) is 17.2 Å². The van der Waals surface area contributed by atoms with E-state index >= 15 is 0 Å². The third-order valence-electron chi connectivity index (χ3n) is 4.45. The van der Waals surface area contributed by atoms with Crippen LogP contribution in [0.15, 0.2) is 72.8 Å². The maximum Gasteiger partial charge on any atom is 0.416 e. The molecule has 7 heteroatoms. The summed E-state index contributed by atoms with van der Waals surface area (Å²) >= 11 is 6.07. The molecule has 0 aromatic heterocycles. The third-order valence-corrected chi connectivity index (χ3v) is 4.82. The molecule has 0 aliphatic rings. The van der Waals surface area contributed by atoms with Crippen molar-refractivity contribution in [3.05, 3.63) is 94.5 Å². The van der Waals surface area contributed by atoms with Crippen LogP contribution in [0.3, 0.4) is 0 Å². The molecule has 0 amide bonds. The van der Waals surface area contributed by atoms with Gasteiger partial charge in [0.05, 0.1) is 12.0 Å². The quantitative estimate of drug-likeness (QED) is 0.437. The average Bonchev–Trinajstić information content (AvgIpc) is 2.72. The maximum atomic E-state index is 12.6. The summed E-state index contributed by atoms with van der Waals surface area (Å²) in [5.74, 6) is -0.361. The molecule has 0 aliphatic carbocycles. The monoisotopic (exact) mass is 446 g/mol. The molecule has 0 unspecified atom stereocenters. The van der Waals surface area contributed by atoms with Gasteiger partial charge < -0.3 is 9.84 Å². The first kappa shape index (κ1) is 22.4. The molecule has 0 atom stereocenters.